The third-order valence-corrected chi connectivity index (χ3v) is 3.31. The van der Waals surface area contributed by atoms with Gasteiger partial charge >= 0.3 is 0 Å². The monoisotopic (exact) mass is 183 g/mol. The zero-order chi connectivity index (χ0) is 9.64. The molecule has 3 atom stereocenters. The highest BCUT2D eigenvalue weighted by Crippen LogP contribution is 2.48. The molecule has 2 fully saturated rings. The highest BCUT2D eigenvalue weighted by atomic mass is 16.3. The highest BCUT2D eigenvalue weighted by Gasteiger charge is 2.55. The lowest BCUT2D eigenvalue weighted by Gasteiger charge is -2.40. The van der Waals surface area contributed by atoms with Crippen LogP contribution in [0.5, 0.6) is 0 Å². The van der Waals surface area contributed by atoms with Crippen molar-refractivity contribution >= 4 is 0 Å². The van der Waals surface area contributed by atoms with E-state index in [4.69, 9.17) is 0 Å². The van der Waals surface area contributed by atoms with Crippen LogP contribution < -0.4 is 5.32 Å². The average Bonchev–Trinajstić information content (AvgIpc) is 2.79. The van der Waals surface area contributed by atoms with Gasteiger partial charge in [-0.1, -0.05) is 12.2 Å². The Morgan fingerprint density at radius 2 is 2.08 bits per heavy atom. The fourth-order valence-corrected chi connectivity index (χ4v) is 2.47. The SMILES string of the molecule is C=C(C)C1C(O)C(O)CNC12CC2. The number of β-amino-alcohol motifs (C(OH)–C–C–N with tert-alkyl or cyclic N) is 1. The van der Waals surface area contributed by atoms with E-state index in [-0.39, 0.29) is 11.5 Å². The third kappa shape index (κ3) is 1.31. The van der Waals surface area contributed by atoms with Crippen LogP contribution in [-0.4, -0.2) is 34.5 Å². The first-order valence-corrected chi connectivity index (χ1v) is 4.83. The summed E-state index contributed by atoms with van der Waals surface area (Å²) in [5.41, 5.74) is 1.03. The van der Waals surface area contributed by atoms with Crippen LogP contribution >= 0.6 is 0 Å². The van der Waals surface area contributed by atoms with Crippen molar-refractivity contribution in [2.45, 2.75) is 37.5 Å². The van der Waals surface area contributed by atoms with E-state index in [1.165, 1.54) is 0 Å². The van der Waals surface area contributed by atoms with Gasteiger partial charge in [-0.2, -0.15) is 0 Å². The summed E-state index contributed by atoms with van der Waals surface area (Å²) in [7, 11) is 0. The van der Waals surface area contributed by atoms with Crippen molar-refractivity contribution in [3.8, 4) is 0 Å². The van der Waals surface area contributed by atoms with Crippen molar-refractivity contribution in [2.24, 2.45) is 5.92 Å². The Balaban J connectivity index is 2.20. The molecule has 13 heavy (non-hydrogen) atoms. The predicted molar refractivity (Wildman–Crippen MR) is 50.3 cm³/mol. The molecule has 3 unspecified atom stereocenters. The maximum Gasteiger partial charge on any atom is 0.0929 e. The molecule has 3 heteroatoms. The summed E-state index contributed by atoms with van der Waals surface area (Å²) in [6.45, 7) is 6.32. The smallest absolute Gasteiger partial charge is 0.0929 e. The number of rotatable bonds is 1. The number of hydrogen-bond donors (Lipinski definition) is 3. The van der Waals surface area contributed by atoms with Crippen molar-refractivity contribution < 1.29 is 10.2 Å². The second-order valence-corrected chi connectivity index (χ2v) is 4.42. The van der Waals surface area contributed by atoms with Gasteiger partial charge in [-0.15, -0.1) is 0 Å². The van der Waals surface area contributed by atoms with Gasteiger partial charge < -0.3 is 15.5 Å². The lowest BCUT2D eigenvalue weighted by Crippen LogP contribution is -2.58. The largest absolute Gasteiger partial charge is 0.390 e. The van der Waals surface area contributed by atoms with E-state index in [9.17, 15) is 10.2 Å². The summed E-state index contributed by atoms with van der Waals surface area (Å²) < 4.78 is 0. The Morgan fingerprint density at radius 3 is 2.54 bits per heavy atom. The number of aliphatic hydroxyl groups is 2. The normalized spacial score (nSPS) is 41.9. The maximum atomic E-state index is 9.83. The number of hydrogen-bond acceptors (Lipinski definition) is 3. The van der Waals surface area contributed by atoms with Crippen molar-refractivity contribution in [3.05, 3.63) is 12.2 Å². The van der Waals surface area contributed by atoms with E-state index in [2.05, 4.69) is 11.9 Å². The van der Waals surface area contributed by atoms with E-state index in [1.807, 2.05) is 6.92 Å². The molecule has 0 amide bonds. The minimum atomic E-state index is -0.645. The Hall–Kier alpha value is -0.380. The fourth-order valence-electron chi connectivity index (χ4n) is 2.47. The average molecular weight is 183 g/mol. The van der Waals surface area contributed by atoms with Crippen LogP contribution in [0, 0.1) is 5.92 Å². The third-order valence-electron chi connectivity index (χ3n) is 3.31. The molecule has 1 aliphatic carbocycles. The second-order valence-electron chi connectivity index (χ2n) is 4.42. The molecule has 1 spiro atoms. The van der Waals surface area contributed by atoms with E-state index in [1.54, 1.807) is 0 Å². The fraction of sp³-hybridized carbons (Fsp3) is 0.800. The standard InChI is InChI=1S/C10H17NO2/c1-6(2)8-9(13)7(12)5-11-10(8)3-4-10/h7-9,11-13H,1,3-5H2,2H3. The van der Waals surface area contributed by atoms with Crippen molar-refractivity contribution in [1.29, 1.82) is 0 Å². The first-order valence-electron chi connectivity index (χ1n) is 4.83. The Labute approximate surface area is 78.5 Å². The van der Waals surface area contributed by atoms with Crippen LogP contribution in [-0.2, 0) is 0 Å². The first kappa shape index (κ1) is 9.19. The molecule has 3 N–H and O–H groups in total. The van der Waals surface area contributed by atoms with Gasteiger partial charge in [-0.3, -0.25) is 0 Å². The topological polar surface area (TPSA) is 52.5 Å². The van der Waals surface area contributed by atoms with Crippen LogP contribution in [0.3, 0.4) is 0 Å². The molecule has 1 aliphatic heterocycles. The molecule has 0 radical (unpaired) electrons. The van der Waals surface area contributed by atoms with Crippen molar-refractivity contribution in [3.63, 3.8) is 0 Å². The van der Waals surface area contributed by atoms with Crippen LogP contribution in [0.4, 0.5) is 0 Å². The molecular formula is C10H17NO2. The van der Waals surface area contributed by atoms with Gasteiger partial charge in [-0.25, -0.2) is 0 Å². The summed E-state index contributed by atoms with van der Waals surface area (Å²) in [4.78, 5) is 0. The van der Waals surface area contributed by atoms with Gasteiger partial charge in [0, 0.05) is 18.0 Å². The summed E-state index contributed by atoms with van der Waals surface area (Å²) >= 11 is 0. The molecule has 0 aromatic rings. The van der Waals surface area contributed by atoms with E-state index in [0.29, 0.717) is 6.54 Å². The van der Waals surface area contributed by atoms with Crippen LogP contribution in [0.1, 0.15) is 19.8 Å². The Morgan fingerprint density at radius 1 is 1.46 bits per heavy atom. The summed E-state index contributed by atoms with van der Waals surface area (Å²) in [5, 5.41) is 22.6. The molecule has 1 heterocycles. The molecule has 0 aromatic carbocycles. The molecule has 3 nitrogen and oxygen atoms in total. The van der Waals surface area contributed by atoms with Crippen molar-refractivity contribution in [2.75, 3.05) is 6.54 Å². The quantitative estimate of drug-likeness (QED) is 0.503. The van der Waals surface area contributed by atoms with E-state index in [0.717, 1.165) is 18.4 Å². The van der Waals surface area contributed by atoms with E-state index >= 15 is 0 Å². The van der Waals surface area contributed by atoms with Gasteiger partial charge in [-0.05, 0) is 19.8 Å². The molecule has 2 rings (SSSR count). The zero-order valence-electron chi connectivity index (χ0n) is 7.95. The lowest BCUT2D eigenvalue weighted by molar-refractivity contribution is -0.0453. The molecule has 0 aromatic heterocycles. The molecule has 74 valence electrons. The van der Waals surface area contributed by atoms with Crippen LogP contribution in [0.15, 0.2) is 12.2 Å². The molecule has 2 aliphatic rings. The maximum absolute atomic E-state index is 9.83. The molecule has 1 saturated carbocycles. The lowest BCUT2D eigenvalue weighted by atomic mass is 9.80. The molecule has 1 saturated heterocycles. The van der Waals surface area contributed by atoms with Gasteiger partial charge in [0.25, 0.3) is 0 Å². The van der Waals surface area contributed by atoms with Crippen molar-refractivity contribution in [1.82, 2.24) is 5.32 Å². The van der Waals surface area contributed by atoms with Gasteiger partial charge in [0.05, 0.1) is 12.2 Å². The van der Waals surface area contributed by atoms with Crippen LogP contribution in [0.25, 0.3) is 0 Å². The number of aliphatic hydroxyl groups excluding tert-OH is 2. The molecule has 0 bridgehead atoms. The summed E-state index contributed by atoms with van der Waals surface area (Å²) in [6.07, 6.45) is 0.900. The van der Waals surface area contributed by atoms with Gasteiger partial charge in [0.15, 0.2) is 0 Å². The number of nitrogens with one attached hydrogen (secondary N) is 1. The van der Waals surface area contributed by atoms with Gasteiger partial charge in [0.1, 0.15) is 0 Å². The Bertz CT molecular complexity index is 235. The summed E-state index contributed by atoms with van der Waals surface area (Å²) in [5.74, 6) is 0.0243. The Kier molecular flexibility index (Phi) is 1.98. The molecular weight excluding hydrogens is 166 g/mol. The predicted octanol–water partition coefficient (Wildman–Crippen LogP) is 0.0363. The summed E-state index contributed by atoms with van der Waals surface area (Å²) in [6, 6.07) is 0. The van der Waals surface area contributed by atoms with Gasteiger partial charge in [0.2, 0.25) is 0 Å². The second kappa shape index (κ2) is 2.80. The van der Waals surface area contributed by atoms with E-state index < -0.39 is 12.2 Å². The highest BCUT2D eigenvalue weighted by molar-refractivity contribution is 5.22. The number of piperidine rings is 1. The zero-order valence-corrected chi connectivity index (χ0v) is 7.95. The minimum absolute atomic E-state index is 0.0243. The minimum Gasteiger partial charge on any atom is -0.390 e. The first-order chi connectivity index (χ1) is 6.07. The van der Waals surface area contributed by atoms with Crippen LogP contribution in [0.2, 0.25) is 0 Å².